The molecular weight excluding hydrogens is 272 g/mol. The van der Waals surface area contributed by atoms with E-state index in [2.05, 4.69) is 15.9 Å². The number of aryl methyl sites for hydroxylation is 1. The van der Waals surface area contributed by atoms with Crippen molar-refractivity contribution >= 4 is 21.7 Å². The lowest BCUT2D eigenvalue weighted by Gasteiger charge is -2.19. The van der Waals surface area contributed by atoms with Crippen molar-refractivity contribution in [1.29, 1.82) is 0 Å². The van der Waals surface area contributed by atoms with Gasteiger partial charge in [-0.15, -0.1) is 0 Å². The van der Waals surface area contributed by atoms with Crippen LogP contribution in [0.1, 0.15) is 12.0 Å². The Kier molecular flexibility index (Phi) is 3.83. The Hall–Kier alpha value is -1.03. The molecule has 1 aromatic rings. The molecule has 3 nitrogen and oxygen atoms in total. The van der Waals surface area contributed by atoms with E-state index in [0.717, 1.165) is 30.8 Å². The van der Waals surface area contributed by atoms with Crippen LogP contribution in [0.15, 0.2) is 18.2 Å². The van der Waals surface area contributed by atoms with Crippen molar-refractivity contribution in [3.05, 3.63) is 23.8 Å². The Bertz CT molecular complexity index is 390. The number of benzene rings is 1. The first kappa shape index (κ1) is 11.5. The maximum atomic E-state index is 11.1. The predicted molar refractivity (Wildman–Crippen MR) is 64.6 cm³/mol. The molecule has 0 saturated heterocycles. The molecule has 0 spiro atoms. The summed E-state index contributed by atoms with van der Waals surface area (Å²) in [6, 6.07) is 5.81. The highest BCUT2D eigenvalue weighted by atomic mass is 79.9. The lowest BCUT2D eigenvalue weighted by molar-refractivity contribution is -0.118. The van der Waals surface area contributed by atoms with Crippen LogP contribution in [0.25, 0.3) is 0 Å². The van der Waals surface area contributed by atoms with Crippen LogP contribution in [0.3, 0.4) is 0 Å². The Balaban J connectivity index is 2.11. The summed E-state index contributed by atoms with van der Waals surface area (Å²) in [5, 5.41) is 0.322. The standard InChI is InChI=1S/C12H13BrO3/c13-7-10(14)8-16-11-5-1-3-9-4-2-6-15-12(9)11/h1,3,5H,2,4,6-8H2. The van der Waals surface area contributed by atoms with Crippen molar-refractivity contribution in [2.45, 2.75) is 12.8 Å². The molecule has 1 heterocycles. The molecule has 16 heavy (non-hydrogen) atoms. The van der Waals surface area contributed by atoms with Crippen LogP contribution in [0.5, 0.6) is 11.5 Å². The summed E-state index contributed by atoms with van der Waals surface area (Å²) in [5.74, 6) is 1.50. The summed E-state index contributed by atoms with van der Waals surface area (Å²) < 4.78 is 11.0. The van der Waals surface area contributed by atoms with Gasteiger partial charge in [0.15, 0.2) is 17.3 Å². The lowest BCUT2D eigenvalue weighted by Crippen LogP contribution is -2.14. The molecule has 0 bridgehead atoms. The Labute approximate surface area is 103 Å². The largest absolute Gasteiger partial charge is 0.489 e. The fraction of sp³-hybridized carbons (Fsp3) is 0.417. The zero-order valence-corrected chi connectivity index (χ0v) is 10.5. The van der Waals surface area contributed by atoms with Crippen molar-refractivity contribution in [1.82, 2.24) is 0 Å². The quantitative estimate of drug-likeness (QED) is 0.797. The number of rotatable bonds is 4. The van der Waals surface area contributed by atoms with Gasteiger partial charge in [-0.2, -0.15) is 0 Å². The smallest absolute Gasteiger partial charge is 0.180 e. The second-order valence-electron chi connectivity index (χ2n) is 3.66. The highest BCUT2D eigenvalue weighted by Gasteiger charge is 2.15. The Morgan fingerprint density at radius 1 is 1.50 bits per heavy atom. The van der Waals surface area contributed by atoms with Gasteiger partial charge in [0, 0.05) is 0 Å². The van der Waals surface area contributed by atoms with Crippen LogP contribution in [-0.4, -0.2) is 24.3 Å². The molecule has 0 fully saturated rings. The second-order valence-corrected chi connectivity index (χ2v) is 4.22. The van der Waals surface area contributed by atoms with E-state index >= 15 is 0 Å². The van der Waals surface area contributed by atoms with Crippen LogP contribution in [0.2, 0.25) is 0 Å². The van der Waals surface area contributed by atoms with Gasteiger partial charge in [0.1, 0.15) is 6.61 Å². The fourth-order valence-electron chi connectivity index (χ4n) is 1.67. The van der Waals surface area contributed by atoms with E-state index in [1.807, 2.05) is 18.2 Å². The third kappa shape index (κ3) is 2.55. The number of ether oxygens (including phenoxy) is 2. The highest BCUT2D eigenvalue weighted by molar-refractivity contribution is 9.09. The van der Waals surface area contributed by atoms with Gasteiger partial charge in [-0.3, -0.25) is 4.79 Å². The van der Waals surface area contributed by atoms with E-state index < -0.39 is 0 Å². The van der Waals surface area contributed by atoms with Gasteiger partial charge in [0.05, 0.1) is 11.9 Å². The van der Waals surface area contributed by atoms with Crippen molar-refractivity contribution in [2.24, 2.45) is 0 Å². The van der Waals surface area contributed by atoms with Gasteiger partial charge in [-0.25, -0.2) is 0 Å². The number of carbonyl (C=O) groups is 1. The second kappa shape index (κ2) is 5.34. The highest BCUT2D eigenvalue weighted by Crippen LogP contribution is 2.34. The summed E-state index contributed by atoms with van der Waals surface area (Å²) in [7, 11) is 0. The molecule has 0 aromatic heterocycles. The molecule has 86 valence electrons. The summed E-state index contributed by atoms with van der Waals surface area (Å²) in [4.78, 5) is 11.1. The zero-order valence-electron chi connectivity index (χ0n) is 8.87. The summed E-state index contributed by atoms with van der Waals surface area (Å²) >= 11 is 3.10. The monoisotopic (exact) mass is 284 g/mol. The number of alkyl halides is 1. The predicted octanol–water partition coefficient (Wildman–Crippen LogP) is 2.35. The van der Waals surface area contributed by atoms with Crippen molar-refractivity contribution < 1.29 is 14.3 Å². The number of ketones is 1. The first-order valence-corrected chi connectivity index (χ1v) is 6.38. The SMILES string of the molecule is O=C(CBr)COc1cccc2c1OCCC2. The molecule has 0 radical (unpaired) electrons. The van der Waals surface area contributed by atoms with E-state index in [-0.39, 0.29) is 12.4 Å². The average molecular weight is 285 g/mol. The van der Waals surface area contributed by atoms with Gasteiger partial charge in [-0.1, -0.05) is 28.1 Å². The number of para-hydroxylation sites is 1. The molecule has 1 aliphatic heterocycles. The molecule has 1 aliphatic rings. The van der Waals surface area contributed by atoms with Gasteiger partial charge in [0.2, 0.25) is 0 Å². The van der Waals surface area contributed by atoms with Crippen molar-refractivity contribution in [3.63, 3.8) is 0 Å². The fourth-order valence-corrected chi connectivity index (χ4v) is 1.83. The molecule has 0 saturated carbocycles. The molecule has 0 amide bonds. The lowest BCUT2D eigenvalue weighted by atomic mass is 10.1. The first-order chi connectivity index (χ1) is 7.81. The minimum atomic E-state index is 0.0217. The molecule has 2 rings (SSSR count). The van der Waals surface area contributed by atoms with E-state index in [4.69, 9.17) is 9.47 Å². The summed E-state index contributed by atoms with van der Waals surface area (Å²) in [6.07, 6.45) is 2.05. The topological polar surface area (TPSA) is 35.5 Å². The number of hydrogen-bond acceptors (Lipinski definition) is 3. The van der Waals surface area contributed by atoms with Crippen LogP contribution in [0, 0.1) is 0 Å². The average Bonchev–Trinajstić information content (AvgIpc) is 2.35. The zero-order chi connectivity index (χ0) is 11.4. The van der Waals surface area contributed by atoms with E-state index in [0.29, 0.717) is 11.1 Å². The van der Waals surface area contributed by atoms with E-state index in [9.17, 15) is 4.79 Å². The number of halogens is 1. The van der Waals surface area contributed by atoms with Crippen molar-refractivity contribution in [3.8, 4) is 11.5 Å². The molecule has 4 heteroatoms. The summed E-state index contributed by atoms with van der Waals surface area (Å²) in [6.45, 7) is 0.810. The van der Waals surface area contributed by atoms with Gasteiger partial charge in [-0.05, 0) is 24.5 Å². The third-order valence-electron chi connectivity index (χ3n) is 2.44. The van der Waals surface area contributed by atoms with E-state index in [1.54, 1.807) is 0 Å². The number of fused-ring (bicyclic) bond motifs is 1. The minimum absolute atomic E-state index is 0.0217. The maximum absolute atomic E-state index is 11.1. The third-order valence-corrected chi connectivity index (χ3v) is 3.06. The van der Waals surface area contributed by atoms with Gasteiger partial charge >= 0.3 is 0 Å². The van der Waals surface area contributed by atoms with Crippen LogP contribution < -0.4 is 9.47 Å². The van der Waals surface area contributed by atoms with Gasteiger partial charge < -0.3 is 9.47 Å². The molecular formula is C12H13BrO3. The molecule has 0 aliphatic carbocycles. The van der Waals surface area contributed by atoms with Crippen LogP contribution >= 0.6 is 15.9 Å². The normalized spacial score (nSPS) is 13.8. The Morgan fingerprint density at radius 3 is 3.19 bits per heavy atom. The number of Topliss-reactive ketones (excluding diaryl/α,β-unsaturated/α-hetero) is 1. The molecule has 0 unspecified atom stereocenters. The van der Waals surface area contributed by atoms with Crippen molar-refractivity contribution in [2.75, 3.05) is 18.5 Å². The number of carbonyl (C=O) groups excluding carboxylic acids is 1. The minimum Gasteiger partial charge on any atom is -0.489 e. The van der Waals surface area contributed by atoms with Crippen LogP contribution in [-0.2, 0) is 11.2 Å². The van der Waals surface area contributed by atoms with Crippen LogP contribution in [0.4, 0.5) is 0 Å². The van der Waals surface area contributed by atoms with Gasteiger partial charge in [0.25, 0.3) is 0 Å². The Morgan fingerprint density at radius 2 is 2.38 bits per heavy atom. The molecule has 0 atom stereocenters. The number of hydrogen-bond donors (Lipinski definition) is 0. The summed E-state index contributed by atoms with van der Waals surface area (Å²) in [5.41, 5.74) is 1.16. The molecule has 1 aromatic carbocycles. The maximum Gasteiger partial charge on any atom is 0.180 e. The molecule has 0 N–H and O–H groups in total. The first-order valence-electron chi connectivity index (χ1n) is 5.26. The van der Waals surface area contributed by atoms with E-state index in [1.165, 1.54) is 0 Å².